The van der Waals surface area contributed by atoms with Gasteiger partial charge in [-0.3, -0.25) is 4.79 Å². The molecular formula is C22H21ClN4O2S. The molecule has 2 aromatic carbocycles. The number of halogens is 1. The Morgan fingerprint density at radius 3 is 2.80 bits per heavy atom. The number of carbonyl (C=O) groups is 2. The molecule has 3 aromatic rings. The number of urea groups is 1. The third-order valence-electron chi connectivity index (χ3n) is 5.17. The molecule has 1 atom stereocenters. The van der Waals surface area contributed by atoms with E-state index in [1.54, 1.807) is 34.4 Å². The summed E-state index contributed by atoms with van der Waals surface area (Å²) >= 11 is 7.90. The van der Waals surface area contributed by atoms with Gasteiger partial charge in [-0.15, -0.1) is 11.3 Å². The minimum absolute atomic E-state index is 0.0686. The van der Waals surface area contributed by atoms with Crippen molar-refractivity contribution in [1.82, 2.24) is 10.3 Å². The zero-order valence-electron chi connectivity index (χ0n) is 16.4. The lowest BCUT2D eigenvalue weighted by atomic mass is 10.0. The predicted molar refractivity (Wildman–Crippen MR) is 120 cm³/mol. The normalized spacial score (nSPS) is 13.7. The molecule has 0 saturated heterocycles. The standard InChI is InChI=1S/C22H21ClN4O2S/c1-13-25-19(12-30-13)14-6-7-20-15(10-14)8-9-27(20)21(28)11-18(26-22(24)29)16-4-2-3-5-17(16)23/h2-7,10,12,18H,8-9,11H2,1H3,(H3,24,26,29). The molecule has 4 rings (SSSR count). The number of aryl methyl sites for hydroxylation is 1. The summed E-state index contributed by atoms with van der Waals surface area (Å²) < 4.78 is 0. The van der Waals surface area contributed by atoms with E-state index in [1.165, 1.54) is 0 Å². The maximum Gasteiger partial charge on any atom is 0.312 e. The molecule has 0 radical (unpaired) electrons. The molecular weight excluding hydrogens is 420 g/mol. The molecule has 0 saturated carbocycles. The average Bonchev–Trinajstić information content (AvgIpc) is 3.33. The molecule has 154 valence electrons. The van der Waals surface area contributed by atoms with E-state index in [-0.39, 0.29) is 12.3 Å². The van der Waals surface area contributed by atoms with Crippen molar-refractivity contribution < 1.29 is 9.59 Å². The molecule has 6 nitrogen and oxygen atoms in total. The van der Waals surface area contributed by atoms with Crippen molar-refractivity contribution in [1.29, 1.82) is 0 Å². The Morgan fingerprint density at radius 2 is 2.10 bits per heavy atom. The van der Waals surface area contributed by atoms with Crippen LogP contribution in [0.2, 0.25) is 5.02 Å². The van der Waals surface area contributed by atoms with Gasteiger partial charge in [0.05, 0.1) is 23.2 Å². The van der Waals surface area contributed by atoms with Crippen molar-refractivity contribution in [3.05, 3.63) is 69.0 Å². The Bertz CT molecular complexity index is 1110. The van der Waals surface area contributed by atoms with E-state index in [2.05, 4.69) is 16.4 Å². The smallest absolute Gasteiger partial charge is 0.312 e. The van der Waals surface area contributed by atoms with E-state index in [0.717, 1.165) is 33.9 Å². The van der Waals surface area contributed by atoms with Crippen molar-refractivity contribution in [3.8, 4) is 11.3 Å². The van der Waals surface area contributed by atoms with Gasteiger partial charge in [-0.2, -0.15) is 0 Å². The number of hydrogen-bond donors (Lipinski definition) is 2. The molecule has 0 spiro atoms. The van der Waals surface area contributed by atoms with Gasteiger partial charge < -0.3 is 16.0 Å². The summed E-state index contributed by atoms with van der Waals surface area (Å²) in [6.07, 6.45) is 0.844. The highest BCUT2D eigenvalue weighted by Gasteiger charge is 2.28. The van der Waals surface area contributed by atoms with Crippen LogP contribution in [0.1, 0.15) is 28.6 Å². The summed E-state index contributed by atoms with van der Waals surface area (Å²) in [5, 5.41) is 6.19. The van der Waals surface area contributed by atoms with Crippen LogP contribution in [0.25, 0.3) is 11.3 Å². The van der Waals surface area contributed by atoms with Crippen molar-refractivity contribution in [2.45, 2.75) is 25.8 Å². The van der Waals surface area contributed by atoms with Crippen LogP contribution in [0, 0.1) is 6.92 Å². The largest absolute Gasteiger partial charge is 0.352 e. The number of carbonyl (C=O) groups excluding carboxylic acids is 2. The van der Waals surface area contributed by atoms with Gasteiger partial charge >= 0.3 is 6.03 Å². The highest BCUT2D eigenvalue weighted by Crippen LogP contribution is 2.34. The maximum absolute atomic E-state index is 13.1. The zero-order valence-corrected chi connectivity index (χ0v) is 18.0. The molecule has 3 amide bonds. The zero-order chi connectivity index (χ0) is 21.3. The van der Waals surface area contributed by atoms with Crippen LogP contribution < -0.4 is 16.0 Å². The van der Waals surface area contributed by atoms with E-state index in [4.69, 9.17) is 17.3 Å². The number of hydrogen-bond acceptors (Lipinski definition) is 4. The van der Waals surface area contributed by atoms with Crippen molar-refractivity contribution in [2.75, 3.05) is 11.4 Å². The summed E-state index contributed by atoms with van der Waals surface area (Å²) in [7, 11) is 0. The molecule has 0 bridgehead atoms. The first-order valence-electron chi connectivity index (χ1n) is 9.58. The van der Waals surface area contributed by atoms with Gasteiger partial charge in [0.2, 0.25) is 5.91 Å². The number of amides is 3. The predicted octanol–water partition coefficient (Wildman–Crippen LogP) is 4.46. The topological polar surface area (TPSA) is 88.3 Å². The molecule has 3 N–H and O–H groups in total. The SMILES string of the molecule is Cc1nc(-c2ccc3c(c2)CCN3C(=O)CC(NC(N)=O)c2ccccc2Cl)cs1. The Balaban J connectivity index is 1.55. The third kappa shape index (κ3) is 4.17. The fraction of sp³-hybridized carbons (Fsp3) is 0.227. The fourth-order valence-electron chi connectivity index (χ4n) is 3.77. The number of benzene rings is 2. The van der Waals surface area contributed by atoms with Crippen molar-refractivity contribution in [3.63, 3.8) is 0 Å². The summed E-state index contributed by atoms with van der Waals surface area (Å²) in [5.41, 5.74) is 10.0. The van der Waals surface area contributed by atoms with Crippen molar-refractivity contribution >= 4 is 40.6 Å². The molecule has 0 aliphatic carbocycles. The molecule has 1 unspecified atom stereocenters. The van der Waals surface area contributed by atoms with Crippen LogP contribution in [0.4, 0.5) is 10.5 Å². The Kier molecular flexibility index (Phi) is 5.74. The molecule has 2 heterocycles. The third-order valence-corrected chi connectivity index (χ3v) is 6.28. The van der Waals surface area contributed by atoms with E-state index >= 15 is 0 Å². The minimum atomic E-state index is -0.697. The summed E-state index contributed by atoms with van der Waals surface area (Å²) in [6.45, 7) is 2.58. The Morgan fingerprint density at radius 1 is 1.30 bits per heavy atom. The number of primary amides is 1. The van der Waals surface area contributed by atoms with Gasteiger partial charge in [0.15, 0.2) is 0 Å². The molecule has 1 aliphatic rings. The summed E-state index contributed by atoms with van der Waals surface area (Å²) in [5.74, 6) is -0.0929. The number of aromatic nitrogens is 1. The van der Waals surface area contributed by atoms with Gasteiger partial charge in [-0.1, -0.05) is 35.9 Å². The Labute approximate surface area is 183 Å². The first kappa shape index (κ1) is 20.4. The second-order valence-corrected chi connectivity index (χ2v) is 8.65. The van der Waals surface area contributed by atoms with Gasteiger partial charge in [-0.05, 0) is 42.7 Å². The molecule has 0 fully saturated rings. The minimum Gasteiger partial charge on any atom is -0.352 e. The second kappa shape index (κ2) is 8.45. The summed E-state index contributed by atoms with van der Waals surface area (Å²) in [4.78, 5) is 30.9. The average molecular weight is 441 g/mol. The first-order chi connectivity index (χ1) is 14.4. The summed E-state index contributed by atoms with van der Waals surface area (Å²) in [6, 6.07) is 11.9. The van der Waals surface area contributed by atoms with Crippen LogP contribution in [-0.4, -0.2) is 23.5 Å². The van der Waals surface area contributed by atoms with Gasteiger partial charge in [0.25, 0.3) is 0 Å². The number of nitrogens with zero attached hydrogens (tertiary/aromatic N) is 2. The lowest BCUT2D eigenvalue weighted by Crippen LogP contribution is -2.38. The maximum atomic E-state index is 13.1. The van der Waals surface area contributed by atoms with Gasteiger partial charge in [0.1, 0.15) is 0 Å². The number of thiazole rings is 1. The number of nitrogens with two attached hydrogens (primary N) is 1. The van der Waals surface area contributed by atoms with Crippen LogP contribution >= 0.6 is 22.9 Å². The number of nitrogens with one attached hydrogen (secondary N) is 1. The molecule has 8 heteroatoms. The molecule has 30 heavy (non-hydrogen) atoms. The Hall–Kier alpha value is -2.90. The van der Waals surface area contributed by atoms with E-state index in [0.29, 0.717) is 17.1 Å². The highest BCUT2D eigenvalue weighted by molar-refractivity contribution is 7.09. The quantitative estimate of drug-likeness (QED) is 0.613. The van der Waals surface area contributed by atoms with Gasteiger partial charge in [-0.25, -0.2) is 9.78 Å². The van der Waals surface area contributed by atoms with Crippen LogP contribution in [-0.2, 0) is 11.2 Å². The van der Waals surface area contributed by atoms with E-state index in [1.807, 2.05) is 30.5 Å². The lowest BCUT2D eigenvalue weighted by molar-refractivity contribution is -0.119. The second-order valence-electron chi connectivity index (χ2n) is 7.18. The first-order valence-corrected chi connectivity index (χ1v) is 10.8. The van der Waals surface area contributed by atoms with Crippen LogP contribution in [0.3, 0.4) is 0 Å². The van der Waals surface area contributed by atoms with Crippen LogP contribution in [0.5, 0.6) is 0 Å². The van der Waals surface area contributed by atoms with E-state index in [9.17, 15) is 9.59 Å². The fourth-order valence-corrected chi connectivity index (χ4v) is 4.66. The lowest BCUT2D eigenvalue weighted by Gasteiger charge is -2.23. The number of fused-ring (bicyclic) bond motifs is 1. The molecule has 1 aliphatic heterocycles. The van der Waals surface area contributed by atoms with Crippen molar-refractivity contribution in [2.24, 2.45) is 5.73 Å². The van der Waals surface area contributed by atoms with E-state index < -0.39 is 12.1 Å². The van der Waals surface area contributed by atoms with Crippen LogP contribution in [0.15, 0.2) is 47.8 Å². The number of rotatable bonds is 5. The molecule has 1 aromatic heterocycles. The highest BCUT2D eigenvalue weighted by atomic mass is 35.5. The number of anilines is 1. The monoisotopic (exact) mass is 440 g/mol. The van der Waals surface area contributed by atoms with Gasteiger partial charge in [0, 0.05) is 28.2 Å².